The lowest BCUT2D eigenvalue weighted by Crippen LogP contribution is -2.56. The lowest BCUT2D eigenvalue weighted by molar-refractivity contribution is -0.174. The number of nitrogens with zero attached hydrogens (tertiary/aromatic N) is 1. The van der Waals surface area contributed by atoms with E-state index in [-0.39, 0.29) is 16.9 Å². The van der Waals surface area contributed by atoms with E-state index in [0.717, 1.165) is 39.0 Å². The van der Waals surface area contributed by atoms with Crippen molar-refractivity contribution in [2.24, 2.45) is 5.41 Å². The second kappa shape index (κ2) is 6.43. The molecule has 0 atom stereocenters. The summed E-state index contributed by atoms with van der Waals surface area (Å²) in [6.45, 7) is 5.44. The molecule has 0 bridgehead atoms. The van der Waals surface area contributed by atoms with Crippen LogP contribution in [0.4, 0.5) is 0 Å². The van der Waals surface area contributed by atoms with Gasteiger partial charge in [0, 0.05) is 22.8 Å². The predicted molar refractivity (Wildman–Crippen MR) is 106 cm³/mol. The number of thiophene rings is 1. The first-order valence-electron chi connectivity index (χ1n) is 9.79. The predicted octanol–water partition coefficient (Wildman–Crippen LogP) is 3.84. The number of carbonyl (C=O) groups is 1. The van der Waals surface area contributed by atoms with Gasteiger partial charge in [0.05, 0.1) is 25.2 Å². The first-order valence-corrected chi connectivity index (χ1v) is 10.6. The standard InChI is InChI=1S/C22H25NO3S/c1-21(14-25-15-21)20(24)23-10-8-22(9-11-23)19-17(7-12-26-22)13-18(27-19)16-5-3-2-4-6-16/h2-6,13H,7-12,14-15H2,1H3. The van der Waals surface area contributed by atoms with E-state index in [1.165, 1.54) is 20.9 Å². The van der Waals surface area contributed by atoms with Gasteiger partial charge in [-0.2, -0.15) is 0 Å². The number of fused-ring (bicyclic) bond motifs is 2. The van der Waals surface area contributed by atoms with Gasteiger partial charge >= 0.3 is 0 Å². The third-order valence-electron chi connectivity index (χ3n) is 6.25. The zero-order valence-corrected chi connectivity index (χ0v) is 16.5. The number of hydrogen-bond acceptors (Lipinski definition) is 4. The van der Waals surface area contributed by atoms with E-state index in [4.69, 9.17) is 9.47 Å². The van der Waals surface area contributed by atoms with Crippen LogP contribution in [0.25, 0.3) is 10.4 Å². The maximum absolute atomic E-state index is 12.8. The molecule has 3 aliphatic heterocycles. The molecule has 1 amide bonds. The highest BCUT2D eigenvalue weighted by molar-refractivity contribution is 7.15. The molecule has 0 saturated carbocycles. The van der Waals surface area contributed by atoms with Crippen LogP contribution in [0.1, 0.15) is 30.2 Å². The number of carbonyl (C=O) groups excluding carboxylic acids is 1. The highest BCUT2D eigenvalue weighted by Gasteiger charge is 2.48. The van der Waals surface area contributed by atoms with Gasteiger partial charge in [-0.3, -0.25) is 4.79 Å². The number of ether oxygens (including phenoxy) is 2. The Morgan fingerprint density at radius 1 is 1.15 bits per heavy atom. The number of hydrogen-bond donors (Lipinski definition) is 0. The Kier molecular flexibility index (Phi) is 4.15. The van der Waals surface area contributed by atoms with Crippen molar-refractivity contribution in [3.63, 3.8) is 0 Å². The number of benzene rings is 1. The summed E-state index contributed by atoms with van der Waals surface area (Å²) in [5, 5.41) is 0. The minimum absolute atomic E-state index is 0.209. The minimum Gasteiger partial charge on any atom is -0.379 e. The van der Waals surface area contributed by atoms with Gasteiger partial charge in [0.25, 0.3) is 0 Å². The van der Waals surface area contributed by atoms with Gasteiger partial charge in [0.2, 0.25) is 5.91 Å². The Labute approximate surface area is 164 Å². The Bertz CT molecular complexity index is 848. The maximum Gasteiger partial charge on any atom is 0.233 e. The lowest BCUT2D eigenvalue weighted by atomic mass is 9.82. The molecule has 5 rings (SSSR count). The van der Waals surface area contributed by atoms with Gasteiger partial charge in [-0.05, 0) is 43.4 Å². The third kappa shape index (κ3) is 2.84. The smallest absolute Gasteiger partial charge is 0.233 e. The fraction of sp³-hybridized carbons (Fsp3) is 0.500. The van der Waals surface area contributed by atoms with Gasteiger partial charge in [-0.15, -0.1) is 11.3 Å². The highest BCUT2D eigenvalue weighted by Crippen LogP contribution is 2.48. The summed E-state index contributed by atoms with van der Waals surface area (Å²) >= 11 is 1.88. The molecule has 5 heteroatoms. The third-order valence-corrected chi connectivity index (χ3v) is 7.66. The number of amides is 1. The highest BCUT2D eigenvalue weighted by atomic mass is 32.1. The van der Waals surface area contributed by atoms with E-state index in [9.17, 15) is 4.79 Å². The summed E-state index contributed by atoms with van der Waals surface area (Å²) in [5.74, 6) is 0.246. The molecule has 27 heavy (non-hydrogen) atoms. The quantitative estimate of drug-likeness (QED) is 0.791. The number of rotatable bonds is 2. The van der Waals surface area contributed by atoms with Gasteiger partial charge in [-0.1, -0.05) is 30.3 Å². The van der Waals surface area contributed by atoms with Gasteiger partial charge in [0.1, 0.15) is 5.60 Å². The zero-order valence-electron chi connectivity index (χ0n) is 15.7. The Balaban J connectivity index is 1.38. The first-order chi connectivity index (χ1) is 13.1. The summed E-state index contributed by atoms with van der Waals surface area (Å²) in [6.07, 6.45) is 2.76. The molecular weight excluding hydrogens is 358 g/mol. The van der Waals surface area contributed by atoms with Crippen molar-refractivity contribution in [3.8, 4) is 10.4 Å². The second-order valence-electron chi connectivity index (χ2n) is 8.27. The van der Waals surface area contributed by atoms with Crippen LogP contribution in [0.15, 0.2) is 36.4 Å². The Morgan fingerprint density at radius 2 is 1.89 bits per heavy atom. The molecule has 1 spiro atoms. The SMILES string of the molecule is CC1(C(=O)N2CCC3(CC2)OCCc2cc(-c4ccccc4)sc23)COC1. The van der Waals surface area contributed by atoms with Gasteiger partial charge in [0.15, 0.2) is 0 Å². The second-order valence-corrected chi connectivity index (χ2v) is 9.32. The first kappa shape index (κ1) is 17.4. The van der Waals surface area contributed by atoms with E-state index in [2.05, 4.69) is 36.4 Å². The Hall–Kier alpha value is -1.69. The molecule has 0 aliphatic carbocycles. The number of likely N-dealkylation sites (tertiary alicyclic amines) is 1. The molecule has 1 aromatic heterocycles. The Morgan fingerprint density at radius 3 is 2.56 bits per heavy atom. The summed E-state index contributed by atoms with van der Waals surface area (Å²) < 4.78 is 11.7. The van der Waals surface area contributed by atoms with Crippen molar-refractivity contribution >= 4 is 17.2 Å². The molecule has 3 aliphatic rings. The normalized spacial score (nSPS) is 22.9. The molecule has 2 aromatic rings. The molecule has 0 N–H and O–H groups in total. The fourth-order valence-corrected chi connectivity index (χ4v) is 5.94. The van der Waals surface area contributed by atoms with Crippen molar-refractivity contribution in [2.75, 3.05) is 32.9 Å². The topological polar surface area (TPSA) is 38.8 Å². The summed E-state index contributed by atoms with van der Waals surface area (Å²) in [4.78, 5) is 17.5. The summed E-state index contributed by atoms with van der Waals surface area (Å²) in [5.41, 5.74) is 2.19. The van der Waals surface area contributed by atoms with Crippen LogP contribution in [0.3, 0.4) is 0 Å². The molecule has 4 nitrogen and oxygen atoms in total. The van der Waals surface area contributed by atoms with Gasteiger partial charge < -0.3 is 14.4 Å². The van der Waals surface area contributed by atoms with Crippen LogP contribution < -0.4 is 0 Å². The van der Waals surface area contributed by atoms with Crippen molar-refractivity contribution in [1.82, 2.24) is 4.90 Å². The van der Waals surface area contributed by atoms with Crippen LogP contribution in [0.5, 0.6) is 0 Å². The average Bonchev–Trinajstić information content (AvgIpc) is 3.13. The van der Waals surface area contributed by atoms with Crippen LogP contribution in [0.2, 0.25) is 0 Å². The summed E-state index contributed by atoms with van der Waals surface area (Å²) in [6, 6.07) is 12.9. The van der Waals surface area contributed by atoms with Crippen molar-refractivity contribution in [3.05, 3.63) is 46.8 Å². The molecule has 1 aromatic carbocycles. The molecular formula is C22H25NO3S. The molecule has 142 valence electrons. The van der Waals surface area contributed by atoms with Crippen LogP contribution in [-0.2, 0) is 26.3 Å². The molecule has 0 unspecified atom stereocenters. The molecule has 2 fully saturated rings. The van der Waals surface area contributed by atoms with Crippen LogP contribution >= 0.6 is 11.3 Å². The van der Waals surface area contributed by atoms with E-state index < -0.39 is 0 Å². The van der Waals surface area contributed by atoms with E-state index in [1.807, 2.05) is 23.2 Å². The van der Waals surface area contributed by atoms with Crippen molar-refractivity contribution in [2.45, 2.75) is 31.8 Å². The van der Waals surface area contributed by atoms with Crippen molar-refractivity contribution < 1.29 is 14.3 Å². The fourth-order valence-electron chi connectivity index (χ4n) is 4.52. The molecule has 2 saturated heterocycles. The maximum atomic E-state index is 12.8. The van der Waals surface area contributed by atoms with E-state index in [1.54, 1.807) is 0 Å². The van der Waals surface area contributed by atoms with Crippen molar-refractivity contribution in [1.29, 1.82) is 0 Å². The van der Waals surface area contributed by atoms with Gasteiger partial charge in [-0.25, -0.2) is 0 Å². The largest absolute Gasteiger partial charge is 0.379 e. The monoisotopic (exact) mass is 383 g/mol. The van der Waals surface area contributed by atoms with E-state index in [0.29, 0.717) is 13.2 Å². The molecule has 4 heterocycles. The number of piperidine rings is 1. The lowest BCUT2D eigenvalue weighted by Gasteiger charge is -2.47. The van der Waals surface area contributed by atoms with E-state index >= 15 is 0 Å². The van der Waals surface area contributed by atoms with Crippen LogP contribution in [-0.4, -0.2) is 43.7 Å². The van der Waals surface area contributed by atoms with Crippen LogP contribution in [0, 0.1) is 5.41 Å². The zero-order chi connectivity index (χ0) is 18.5. The molecule has 0 radical (unpaired) electrons. The summed E-state index contributed by atoms with van der Waals surface area (Å²) in [7, 11) is 0. The average molecular weight is 384 g/mol. The minimum atomic E-state index is -0.313.